The molecule has 5 nitrogen and oxygen atoms in total. The molecule has 2 aromatic rings. The Morgan fingerprint density at radius 3 is 2.59 bits per heavy atom. The number of carbonyl (C=O) groups excluding carboxylic acids is 2. The van der Waals surface area contributed by atoms with Crippen molar-refractivity contribution in [1.82, 2.24) is 0 Å². The maximum Gasteiger partial charge on any atom is 0.262 e. The Labute approximate surface area is 128 Å². The maximum atomic E-state index is 12.0. The summed E-state index contributed by atoms with van der Waals surface area (Å²) in [5.74, 6) is 0.804. The molecule has 2 rings (SSSR count). The van der Waals surface area contributed by atoms with Crippen molar-refractivity contribution >= 4 is 17.9 Å². The van der Waals surface area contributed by atoms with Crippen molar-refractivity contribution < 1.29 is 19.1 Å². The number of rotatable bonds is 7. The number of ether oxygens (including phenoxy) is 2. The standard InChI is InChI=1S/C17H17NO4/c1-2-21-16-9-8-13(11-19)10-15(16)18-17(20)12-22-14-6-4-3-5-7-14/h3-11H,2,12H2,1H3,(H,18,20). The van der Waals surface area contributed by atoms with Gasteiger partial charge in [0.25, 0.3) is 5.91 Å². The lowest BCUT2D eigenvalue weighted by atomic mass is 10.2. The molecule has 0 fully saturated rings. The molecule has 0 aliphatic heterocycles. The molecule has 1 N–H and O–H groups in total. The number of benzene rings is 2. The fourth-order valence-electron chi connectivity index (χ4n) is 1.85. The first-order chi connectivity index (χ1) is 10.7. The van der Waals surface area contributed by atoms with Crippen molar-refractivity contribution in [2.45, 2.75) is 6.92 Å². The molecule has 0 spiro atoms. The van der Waals surface area contributed by atoms with Gasteiger partial charge in [0.05, 0.1) is 12.3 Å². The third kappa shape index (κ3) is 4.34. The van der Waals surface area contributed by atoms with Crippen molar-refractivity contribution in [3.8, 4) is 11.5 Å². The maximum absolute atomic E-state index is 12.0. The highest BCUT2D eigenvalue weighted by Gasteiger charge is 2.09. The first-order valence-corrected chi connectivity index (χ1v) is 6.92. The lowest BCUT2D eigenvalue weighted by molar-refractivity contribution is -0.118. The van der Waals surface area contributed by atoms with Crippen LogP contribution >= 0.6 is 0 Å². The van der Waals surface area contributed by atoms with Crippen LogP contribution in [0.1, 0.15) is 17.3 Å². The quantitative estimate of drug-likeness (QED) is 0.798. The van der Waals surface area contributed by atoms with Gasteiger partial charge >= 0.3 is 0 Å². The van der Waals surface area contributed by atoms with E-state index in [9.17, 15) is 9.59 Å². The molecular formula is C17H17NO4. The van der Waals surface area contributed by atoms with Gasteiger partial charge in [0.1, 0.15) is 17.8 Å². The van der Waals surface area contributed by atoms with Gasteiger partial charge in [-0.05, 0) is 37.3 Å². The van der Waals surface area contributed by atoms with Gasteiger partial charge in [0, 0.05) is 5.56 Å². The smallest absolute Gasteiger partial charge is 0.262 e. The summed E-state index contributed by atoms with van der Waals surface area (Å²) in [7, 11) is 0. The number of nitrogens with one attached hydrogen (secondary N) is 1. The van der Waals surface area contributed by atoms with Gasteiger partial charge in [-0.25, -0.2) is 0 Å². The summed E-state index contributed by atoms with van der Waals surface area (Å²) >= 11 is 0. The minimum absolute atomic E-state index is 0.124. The number of carbonyl (C=O) groups is 2. The second-order valence-corrected chi connectivity index (χ2v) is 4.46. The molecule has 0 saturated heterocycles. The highest BCUT2D eigenvalue weighted by Crippen LogP contribution is 2.25. The van der Waals surface area contributed by atoms with Crippen LogP contribution in [0.4, 0.5) is 5.69 Å². The molecule has 0 bridgehead atoms. The second kappa shape index (κ2) is 7.83. The van der Waals surface area contributed by atoms with E-state index >= 15 is 0 Å². The van der Waals surface area contributed by atoms with E-state index in [1.54, 1.807) is 30.3 Å². The van der Waals surface area contributed by atoms with Crippen LogP contribution in [0.2, 0.25) is 0 Å². The molecule has 0 aliphatic carbocycles. The summed E-state index contributed by atoms with van der Waals surface area (Å²) in [5, 5.41) is 2.69. The van der Waals surface area contributed by atoms with Crippen LogP contribution in [0, 0.1) is 0 Å². The first kappa shape index (κ1) is 15.6. The van der Waals surface area contributed by atoms with E-state index in [0.717, 1.165) is 0 Å². The van der Waals surface area contributed by atoms with Crippen LogP contribution in [0.25, 0.3) is 0 Å². The normalized spacial score (nSPS) is 9.86. The molecule has 2 aromatic carbocycles. The Balaban J connectivity index is 2.02. The number of amides is 1. The van der Waals surface area contributed by atoms with Gasteiger partial charge in [0.15, 0.2) is 6.61 Å². The van der Waals surface area contributed by atoms with E-state index < -0.39 is 0 Å². The van der Waals surface area contributed by atoms with Gasteiger partial charge in [-0.2, -0.15) is 0 Å². The van der Waals surface area contributed by atoms with E-state index in [4.69, 9.17) is 9.47 Å². The molecule has 0 atom stereocenters. The van der Waals surface area contributed by atoms with Crippen molar-refractivity contribution in [3.05, 3.63) is 54.1 Å². The predicted molar refractivity (Wildman–Crippen MR) is 83.6 cm³/mol. The van der Waals surface area contributed by atoms with Crippen LogP contribution in [0.15, 0.2) is 48.5 Å². The lowest BCUT2D eigenvalue weighted by Gasteiger charge is -2.12. The zero-order chi connectivity index (χ0) is 15.8. The van der Waals surface area contributed by atoms with Gasteiger partial charge < -0.3 is 14.8 Å². The Hall–Kier alpha value is -2.82. The van der Waals surface area contributed by atoms with Gasteiger partial charge in [-0.1, -0.05) is 18.2 Å². The summed E-state index contributed by atoms with van der Waals surface area (Å²) in [6.07, 6.45) is 0.714. The monoisotopic (exact) mass is 299 g/mol. The Morgan fingerprint density at radius 2 is 1.91 bits per heavy atom. The molecule has 0 saturated carbocycles. The summed E-state index contributed by atoms with van der Waals surface area (Å²) in [4.78, 5) is 22.8. The average molecular weight is 299 g/mol. The van der Waals surface area contributed by atoms with E-state index in [0.29, 0.717) is 35.6 Å². The van der Waals surface area contributed by atoms with Crippen LogP contribution in [0.3, 0.4) is 0 Å². The predicted octanol–water partition coefficient (Wildman–Crippen LogP) is 2.92. The van der Waals surface area contributed by atoms with Crippen molar-refractivity contribution in [2.75, 3.05) is 18.5 Å². The van der Waals surface area contributed by atoms with Crippen molar-refractivity contribution in [3.63, 3.8) is 0 Å². The molecule has 0 aromatic heterocycles. The van der Waals surface area contributed by atoms with Gasteiger partial charge in [0.2, 0.25) is 0 Å². The fraction of sp³-hybridized carbons (Fsp3) is 0.176. The highest BCUT2D eigenvalue weighted by atomic mass is 16.5. The zero-order valence-electron chi connectivity index (χ0n) is 12.2. The van der Waals surface area contributed by atoms with Gasteiger partial charge in [-0.3, -0.25) is 9.59 Å². The van der Waals surface area contributed by atoms with Crippen LogP contribution in [0.5, 0.6) is 11.5 Å². The van der Waals surface area contributed by atoms with Crippen LogP contribution in [-0.4, -0.2) is 25.4 Å². The van der Waals surface area contributed by atoms with E-state index in [2.05, 4.69) is 5.32 Å². The molecule has 0 heterocycles. The third-order valence-electron chi connectivity index (χ3n) is 2.83. The number of para-hydroxylation sites is 1. The molecule has 1 amide bonds. The van der Waals surface area contributed by atoms with Crippen LogP contribution in [-0.2, 0) is 4.79 Å². The van der Waals surface area contributed by atoms with E-state index in [1.807, 2.05) is 25.1 Å². The summed E-state index contributed by atoms with van der Waals surface area (Å²) in [6, 6.07) is 13.9. The Morgan fingerprint density at radius 1 is 1.14 bits per heavy atom. The minimum atomic E-state index is -0.326. The summed E-state index contributed by atoms with van der Waals surface area (Å²) in [6.45, 7) is 2.18. The molecule has 0 aliphatic rings. The SMILES string of the molecule is CCOc1ccc(C=O)cc1NC(=O)COc1ccccc1. The zero-order valence-corrected chi connectivity index (χ0v) is 12.2. The summed E-state index contributed by atoms with van der Waals surface area (Å²) < 4.78 is 10.8. The topological polar surface area (TPSA) is 64.6 Å². The van der Waals surface area contributed by atoms with Crippen molar-refractivity contribution in [2.24, 2.45) is 0 Å². The Bertz CT molecular complexity index is 640. The Kier molecular flexibility index (Phi) is 5.54. The molecule has 0 unspecified atom stereocenters. The largest absolute Gasteiger partial charge is 0.492 e. The lowest BCUT2D eigenvalue weighted by Crippen LogP contribution is -2.20. The number of anilines is 1. The van der Waals surface area contributed by atoms with Crippen molar-refractivity contribution in [1.29, 1.82) is 0 Å². The molecule has 0 radical (unpaired) electrons. The van der Waals surface area contributed by atoms with Crippen LogP contribution < -0.4 is 14.8 Å². The highest BCUT2D eigenvalue weighted by molar-refractivity contribution is 5.94. The molecule has 5 heteroatoms. The van der Waals surface area contributed by atoms with Gasteiger partial charge in [-0.15, -0.1) is 0 Å². The second-order valence-electron chi connectivity index (χ2n) is 4.46. The number of hydrogen-bond donors (Lipinski definition) is 1. The molecule has 22 heavy (non-hydrogen) atoms. The minimum Gasteiger partial charge on any atom is -0.492 e. The fourth-order valence-corrected chi connectivity index (χ4v) is 1.85. The first-order valence-electron chi connectivity index (χ1n) is 6.92. The van der Waals surface area contributed by atoms with E-state index in [-0.39, 0.29) is 12.5 Å². The number of hydrogen-bond acceptors (Lipinski definition) is 4. The average Bonchev–Trinajstić information content (AvgIpc) is 2.55. The molecule has 114 valence electrons. The molecular weight excluding hydrogens is 282 g/mol. The third-order valence-corrected chi connectivity index (χ3v) is 2.83. The van der Waals surface area contributed by atoms with E-state index in [1.165, 1.54) is 0 Å². The summed E-state index contributed by atoms with van der Waals surface area (Å²) in [5.41, 5.74) is 0.913. The number of aldehydes is 1.